The number of hydrogen-bond acceptors (Lipinski definition) is 3. The monoisotopic (exact) mass is 352 g/mol. The molecule has 1 N–H and O–H groups in total. The highest BCUT2D eigenvalue weighted by Gasteiger charge is 2.15. The van der Waals surface area contributed by atoms with Crippen molar-refractivity contribution in [1.29, 1.82) is 0 Å². The molecule has 0 aromatic heterocycles. The van der Waals surface area contributed by atoms with Crippen LogP contribution in [0.2, 0.25) is 0 Å². The zero-order valence-corrected chi connectivity index (χ0v) is 13.1. The Bertz CT molecular complexity index is 691. The Morgan fingerprint density at radius 1 is 1.33 bits per heavy atom. The van der Waals surface area contributed by atoms with Crippen LogP contribution in [0.25, 0.3) is 0 Å². The third kappa shape index (κ3) is 3.39. The van der Waals surface area contributed by atoms with Gasteiger partial charge in [0.05, 0.1) is 9.40 Å². The van der Waals surface area contributed by atoms with Gasteiger partial charge in [-0.2, -0.15) is 0 Å². The fourth-order valence-electron chi connectivity index (χ4n) is 2.08. The second kappa shape index (κ2) is 6.22. The molecule has 0 aliphatic heterocycles. The summed E-state index contributed by atoms with van der Waals surface area (Å²) < 4.78 is 13.6. The fourth-order valence-corrected chi connectivity index (χ4v) is 2.47. The van der Waals surface area contributed by atoms with Gasteiger partial charge in [-0.3, -0.25) is 10.1 Å². The summed E-state index contributed by atoms with van der Waals surface area (Å²) >= 11 is 3.15. The molecule has 6 heteroatoms. The van der Waals surface area contributed by atoms with Gasteiger partial charge >= 0.3 is 0 Å². The molecule has 1 atom stereocenters. The number of hydrogen-bond donors (Lipinski definition) is 1. The van der Waals surface area contributed by atoms with Crippen LogP contribution >= 0.6 is 15.9 Å². The predicted molar refractivity (Wildman–Crippen MR) is 84.0 cm³/mol. The Labute approximate surface area is 130 Å². The van der Waals surface area contributed by atoms with E-state index in [1.54, 1.807) is 31.2 Å². The van der Waals surface area contributed by atoms with Gasteiger partial charge in [0.2, 0.25) is 0 Å². The second-order valence-corrected chi connectivity index (χ2v) is 5.60. The van der Waals surface area contributed by atoms with E-state index in [0.717, 1.165) is 5.56 Å². The molecular weight excluding hydrogens is 339 g/mol. The molecule has 0 saturated carbocycles. The first kappa shape index (κ1) is 15.4. The van der Waals surface area contributed by atoms with Gasteiger partial charge < -0.3 is 5.32 Å². The molecule has 1 unspecified atom stereocenters. The normalized spacial score (nSPS) is 12.0. The van der Waals surface area contributed by atoms with E-state index in [0.29, 0.717) is 15.7 Å². The molecule has 0 saturated heterocycles. The maximum atomic E-state index is 13.3. The minimum absolute atomic E-state index is 0.0764. The number of rotatable bonds is 4. The van der Waals surface area contributed by atoms with E-state index < -0.39 is 4.92 Å². The zero-order valence-electron chi connectivity index (χ0n) is 11.6. The van der Waals surface area contributed by atoms with E-state index in [1.807, 2.05) is 6.92 Å². The Morgan fingerprint density at radius 3 is 2.67 bits per heavy atom. The molecule has 2 aromatic rings. The highest BCUT2D eigenvalue weighted by Crippen LogP contribution is 2.29. The third-order valence-corrected chi connectivity index (χ3v) is 3.93. The average molecular weight is 353 g/mol. The molecule has 4 nitrogen and oxygen atoms in total. The number of anilines is 1. The highest BCUT2D eigenvalue weighted by molar-refractivity contribution is 9.10. The molecule has 110 valence electrons. The van der Waals surface area contributed by atoms with Gasteiger partial charge in [0.1, 0.15) is 5.82 Å². The van der Waals surface area contributed by atoms with Gasteiger partial charge in [0, 0.05) is 23.4 Å². The van der Waals surface area contributed by atoms with Gasteiger partial charge in [-0.25, -0.2) is 4.39 Å². The molecule has 0 radical (unpaired) electrons. The van der Waals surface area contributed by atoms with Crippen LogP contribution in [-0.2, 0) is 0 Å². The first-order valence-electron chi connectivity index (χ1n) is 6.35. The van der Waals surface area contributed by atoms with Crippen LogP contribution in [0.5, 0.6) is 0 Å². The maximum absolute atomic E-state index is 13.3. The Balaban J connectivity index is 2.27. The van der Waals surface area contributed by atoms with Crippen molar-refractivity contribution < 1.29 is 9.31 Å². The summed E-state index contributed by atoms with van der Waals surface area (Å²) in [6.07, 6.45) is 0. The molecule has 0 bridgehead atoms. The molecule has 0 spiro atoms. The first-order chi connectivity index (χ1) is 9.90. The molecule has 0 aliphatic carbocycles. The summed E-state index contributed by atoms with van der Waals surface area (Å²) in [5.41, 5.74) is 2.23. The molecule has 2 aromatic carbocycles. The molecular formula is C15H14BrFN2O2. The van der Waals surface area contributed by atoms with Crippen molar-refractivity contribution in [3.63, 3.8) is 0 Å². The minimum Gasteiger partial charge on any atom is -0.378 e. The maximum Gasteiger partial charge on any atom is 0.274 e. The van der Waals surface area contributed by atoms with Crippen molar-refractivity contribution in [3.05, 3.63) is 67.9 Å². The van der Waals surface area contributed by atoms with Crippen molar-refractivity contribution in [2.45, 2.75) is 19.9 Å². The predicted octanol–water partition coefficient (Wildman–Crippen LogP) is 4.98. The standard InChI is InChI=1S/C15H14BrFN2O2/c1-9-14(4-3-5-15(9)19(20)21)18-10(2)11-6-7-13(17)12(16)8-11/h3-8,10,18H,1-2H3. The Hall–Kier alpha value is -1.95. The van der Waals surface area contributed by atoms with Crippen LogP contribution in [0.1, 0.15) is 24.1 Å². The van der Waals surface area contributed by atoms with Crippen LogP contribution in [0.4, 0.5) is 15.8 Å². The lowest BCUT2D eigenvalue weighted by atomic mass is 10.1. The minimum atomic E-state index is -0.403. The van der Waals surface area contributed by atoms with Crippen LogP contribution in [0.15, 0.2) is 40.9 Å². The summed E-state index contributed by atoms with van der Waals surface area (Å²) in [5.74, 6) is -0.322. The van der Waals surface area contributed by atoms with Gasteiger partial charge in [-0.15, -0.1) is 0 Å². The van der Waals surface area contributed by atoms with Crippen molar-refractivity contribution in [2.75, 3.05) is 5.32 Å². The number of nitro groups is 1. The molecule has 0 amide bonds. The Kier molecular flexibility index (Phi) is 4.57. The lowest BCUT2D eigenvalue weighted by molar-refractivity contribution is -0.385. The van der Waals surface area contributed by atoms with Crippen molar-refractivity contribution in [3.8, 4) is 0 Å². The van der Waals surface area contributed by atoms with Crippen molar-refractivity contribution >= 4 is 27.3 Å². The number of nitrogens with zero attached hydrogens (tertiary/aromatic N) is 1. The third-order valence-electron chi connectivity index (χ3n) is 3.32. The lowest BCUT2D eigenvalue weighted by Crippen LogP contribution is -2.08. The molecule has 0 fully saturated rings. The van der Waals surface area contributed by atoms with E-state index in [2.05, 4.69) is 21.2 Å². The SMILES string of the molecule is Cc1c(NC(C)c2ccc(F)c(Br)c2)cccc1[N+](=O)[O-]. The van der Waals surface area contributed by atoms with E-state index >= 15 is 0 Å². The Morgan fingerprint density at radius 2 is 2.05 bits per heavy atom. The van der Waals surface area contributed by atoms with E-state index in [-0.39, 0.29) is 17.5 Å². The van der Waals surface area contributed by atoms with Gasteiger partial charge in [-0.1, -0.05) is 12.1 Å². The summed E-state index contributed by atoms with van der Waals surface area (Å²) in [4.78, 5) is 10.5. The highest BCUT2D eigenvalue weighted by atomic mass is 79.9. The summed E-state index contributed by atoms with van der Waals surface area (Å²) in [6.45, 7) is 3.62. The molecule has 21 heavy (non-hydrogen) atoms. The van der Waals surface area contributed by atoms with Crippen molar-refractivity contribution in [2.24, 2.45) is 0 Å². The summed E-state index contributed by atoms with van der Waals surface area (Å²) in [5, 5.41) is 14.2. The number of nitro benzene ring substituents is 1. The summed E-state index contributed by atoms with van der Waals surface area (Å²) in [7, 11) is 0. The summed E-state index contributed by atoms with van der Waals surface area (Å²) in [6, 6.07) is 9.56. The quantitative estimate of drug-likeness (QED) is 0.623. The van der Waals surface area contributed by atoms with Gasteiger partial charge in [-0.05, 0) is 53.5 Å². The smallest absolute Gasteiger partial charge is 0.274 e. The molecule has 2 rings (SSSR count). The van der Waals surface area contributed by atoms with E-state index in [1.165, 1.54) is 12.1 Å². The lowest BCUT2D eigenvalue weighted by Gasteiger charge is -2.17. The molecule has 0 heterocycles. The number of nitrogens with one attached hydrogen (secondary N) is 1. The van der Waals surface area contributed by atoms with Crippen molar-refractivity contribution in [1.82, 2.24) is 0 Å². The second-order valence-electron chi connectivity index (χ2n) is 4.75. The van der Waals surface area contributed by atoms with Crippen LogP contribution in [0.3, 0.4) is 0 Å². The zero-order chi connectivity index (χ0) is 15.6. The number of benzene rings is 2. The number of halogens is 2. The van der Waals surface area contributed by atoms with Crippen LogP contribution in [0, 0.1) is 22.9 Å². The van der Waals surface area contributed by atoms with E-state index in [4.69, 9.17) is 0 Å². The van der Waals surface area contributed by atoms with Gasteiger partial charge in [0.15, 0.2) is 0 Å². The van der Waals surface area contributed by atoms with Crippen LogP contribution < -0.4 is 5.32 Å². The first-order valence-corrected chi connectivity index (χ1v) is 7.15. The van der Waals surface area contributed by atoms with Crippen LogP contribution in [-0.4, -0.2) is 4.92 Å². The fraction of sp³-hybridized carbons (Fsp3) is 0.200. The largest absolute Gasteiger partial charge is 0.378 e. The topological polar surface area (TPSA) is 55.2 Å². The van der Waals surface area contributed by atoms with Gasteiger partial charge in [0.25, 0.3) is 5.69 Å². The van der Waals surface area contributed by atoms with E-state index in [9.17, 15) is 14.5 Å². The molecule has 0 aliphatic rings. The average Bonchev–Trinajstić information content (AvgIpc) is 2.43.